The van der Waals surface area contributed by atoms with Gasteiger partial charge in [-0.15, -0.1) is 0 Å². The molecule has 0 aromatic heterocycles. The van der Waals surface area contributed by atoms with Gasteiger partial charge in [-0.2, -0.15) is 0 Å². The van der Waals surface area contributed by atoms with Crippen LogP contribution in [0.5, 0.6) is 11.5 Å². The summed E-state index contributed by atoms with van der Waals surface area (Å²) in [6, 6.07) is 28.0. The molecule has 0 fully saturated rings. The van der Waals surface area contributed by atoms with E-state index in [1.54, 1.807) is 7.11 Å². The van der Waals surface area contributed by atoms with Gasteiger partial charge < -0.3 is 19.7 Å². The van der Waals surface area contributed by atoms with E-state index in [-0.39, 0.29) is 12.1 Å². The van der Waals surface area contributed by atoms with Crippen molar-refractivity contribution < 1.29 is 9.47 Å². The fraction of sp³-hybridized carbons (Fsp3) is 0.250. The van der Waals surface area contributed by atoms with Crippen molar-refractivity contribution in [3.05, 3.63) is 84.4 Å². The largest absolute Gasteiger partial charge is 0.497 e. The smallest absolute Gasteiger partial charge is 0.143 e. The topological polar surface area (TPSA) is 33.7 Å². The molecule has 1 aliphatic rings. The first-order valence-electron chi connectivity index (χ1n) is 9.62. The van der Waals surface area contributed by atoms with Crippen molar-refractivity contribution in [3.63, 3.8) is 0 Å². The Balaban J connectivity index is 1.48. The van der Waals surface area contributed by atoms with Crippen molar-refractivity contribution in [2.75, 3.05) is 25.1 Å². The quantitative estimate of drug-likeness (QED) is 0.676. The molecule has 0 saturated heterocycles. The first-order chi connectivity index (χ1) is 13.7. The Bertz CT molecular complexity index is 913. The number of fused-ring (bicyclic) bond motifs is 1. The molecule has 1 unspecified atom stereocenters. The molecule has 0 amide bonds. The highest BCUT2D eigenvalue weighted by Crippen LogP contribution is 2.37. The Morgan fingerprint density at radius 3 is 2.82 bits per heavy atom. The lowest BCUT2D eigenvalue weighted by molar-refractivity contribution is 0.190. The van der Waals surface area contributed by atoms with Crippen molar-refractivity contribution in [2.45, 2.75) is 19.1 Å². The lowest BCUT2D eigenvalue weighted by Gasteiger charge is -2.36. The number of hydrogen-bond donors (Lipinski definition) is 1. The Kier molecular flexibility index (Phi) is 5.49. The second-order valence-corrected chi connectivity index (χ2v) is 6.97. The SMILES string of the molecule is COc1cccc([C@@H](C)NCC2CN(c3[c]cccc3)c3ccccc3O2)c1. The fourth-order valence-electron chi connectivity index (χ4n) is 3.52. The zero-order chi connectivity index (χ0) is 19.3. The minimum Gasteiger partial charge on any atom is -0.497 e. The molecular weight excluding hydrogens is 348 g/mol. The molecule has 0 saturated carbocycles. The summed E-state index contributed by atoms with van der Waals surface area (Å²) in [5.41, 5.74) is 3.34. The standard InChI is InChI=1S/C24H25N2O2/c1-18(19-9-8-12-21(15-19)27-2)25-16-22-17-26(20-10-4-3-5-11-20)23-13-6-7-14-24(23)28-22/h3-10,12-15,18,22,25H,16-17H2,1-2H3/t18-,22?/m1/s1. The number of ether oxygens (including phenoxy) is 2. The van der Waals surface area contributed by atoms with Gasteiger partial charge in [0.2, 0.25) is 0 Å². The number of methoxy groups -OCH3 is 1. The van der Waals surface area contributed by atoms with Gasteiger partial charge in [0.1, 0.15) is 17.6 Å². The summed E-state index contributed by atoms with van der Waals surface area (Å²) >= 11 is 0. The van der Waals surface area contributed by atoms with Crippen LogP contribution in [0.2, 0.25) is 0 Å². The zero-order valence-electron chi connectivity index (χ0n) is 16.3. The van der Waals surface area contributed by atoms with Crippen LogP contribution in [0.1, 0.15) is 18.5 Å². The Morgan fingerprint density at radius 1 is 1.14 bits per heavy atom. The van der Waals surface area contributed by atoms with E-state index in [9.17, 15) is 0 Å². The van der Waals surface area contributed by atoms with Crippen molar-refractivity contribution in [1.29, 1.82) is 0 Å². The molecule has 0 spiro atoms. The summed E-state index contributed by atoms with van der Waals surface area (Å²) in [5.74, 6) is 1.78. The van der Waals surface area contributed by atoms with Crippen molar-refractivity contribution in [2.24, 2.45) is 0 Å². The van der Waals surface area contributed by atoms with Crippen LogP contribution in [0.15, 0.2) is 72.8 Å². The molecule has 1 heterocycles. The van der Waals surface area contributed by atoms with E-state index < -0.39 is 0 Å². The predicted octanol–water partition coefficient (Wildman–Crippen LogP) is 4.75. The molecule has 143 valence electrons. The van der Waals surface area contributed by atoms with E-state index in [0.717, 1.165) is 36.0 Å². The first kappa shape index (κ1) is 18.4. The number of nitrogens with one attached hydrogen (secondary N) is 1. The molecule has 28 heavy (non-hydrogen) atoms. The third-order valence-electron chi connectivity index (χ3n) is 5.06. The van der Waals surface area contributed by atoms with Crippen LogP contribution in [-0.2, 0) is 0 Å². The summed E-state index contributed by atoms with van der Waals surface area (Å²) in [6.45, 7) is 3.68. The molecule has 4 heteroatoms. The number of hydrogen-bond acceptors (Lipinski definition) is 4. The third kappa shape index (κ3) is 3.97. The minimum absolute atomic E-state index is 0.0385. The van der Waals surface area contributed by atoms with E-state index in [2.05, 4.69) is 47.5 Å². The Labute approximate surface area is 166 Å². The summed E-state index contributed by atoms with van der Waals surface area (Å²) < 4.78 is 11.6. The van der Waals surface area contributed by atoms with Crippen LogP contribution in [-0.4, -0.2) is 26.3 Å². The molecule has 2 atom stereocenters. The summed E-state index contributed by atoms with van der Waals surface area (Å²) in [5, 5.41) is 3.61. The number of benzene rings is 3. The highest BCUT2D eigenvalue weighted by atomic mass is 16.5. The second-order valence-electron chi connectivity index (χ2n) is 6.97. The van der Waals surface area contributed by atoms with Gasteiger partial charge in [0.15, 0.2) is 0 Å². The van der Waals surface area contributed by atoms with Crippen molar-refractivity contribution in [1.82, 2.24) is 5.32 Å². The maximum absolute atomic E-state index is 6.27. The monoisotopic (exact) mass is 373 g/mol. The molecule has 1 radical (unpaired) electrons. The van der Waals surface area contributed by atoms with Crippen LogP contribution in [0.25, 0.3) is 0 Å². The maximum atomic E-state index is 6.27. The lowest BCUT2D eigenvalue weighted by Crippen LogP contribution is -2.44. The predicted molar refractivity (Wildman–Crippen MR) is 113 cm³/mol. The molecule has 0 bridgehead atoms. The van der Waals surface area contributed by atoms with E-state index in [1.807, 2.05) is 48.5 Å². The summed E-state index contributed by atoms with van der Waals surface area (Å²) in [6.07, 6.45) is 0.0385. The maximum Gasteiger partial charge on any atom is 0.143 e. The molecule has 4 nitrogen and oxygen atoms in total. The molecule has 0 aliphatic carbocycles. The minimum atomic E-state index is 0.0385. The molecule has 3 aromatic carbocycles. The molecule has 3 aromatic rings. The van der Waals surface area contributed by atoms with Gasteiger partial charge in [-0.1, -0.05) is 42.5 Å². The van der Waals surface area contributed by atoms with Crippen molar-refractivity contribution in [3.8, 4) is 11.5 Å². The van der Waals surface area contributed by atoms with Gasteiger partial charge in [-0.05, 0) is 42.8 Å². The van der Waals surface area contributed by atoms with Crippen LogP contribution in [0, 0.1) is 6.07 Å². The molecule has 4 rings (SSSR count). The van der Waals surface area contributed by atoms with Crippen LogP contribution < -0.4 is 19.7 Å². The number of nitrogens with zero attached hydrogens (tertiary/aromatic N) is 1. The molecule has 1 N–H and O–H groups in total. The Hall–Kier alpha value is -2.98. The van der Waals surface area contributed by atoms with Gasteiger partial charge >= 0.3 is 0 Å². The third-order valence-corrected chi connectivity index (χ3v) is 5.06. The van der Waals surface area contributed by atoms with E-state index in [1.165, 1.54) is 5.56 Å². The van der Waals surface area contributed by atoms with E-state index >= 15 is 0 Å². The number of para-hydroxylation sites is 3. The normalized spacial score (nSPS) is 16.8. The average molecular weight is 373 g/mol. The average Bonchev–Trinajstić information content (AvgIpc) is 2.77. The van der Waals surface area contributed by atoms with Gasteiger partial charge in [-0.25, -0.2) is 0 Å². The highest BCUT2D eigenvalue weighted by Gasteiger charge is 2.26. The zero-order valence-corrected chi connectivity index (χ0v) is 16.3. The van der Waals surface area contributed by atoms with Crippen LogP contribution in [0.3, 0.4) is 0 Å². The van der Waals surface area contributed by atoms with Gasteiger partial charge in [-0.3, -0.25) is 0 Å². The summed E-state index contributed by atoms with van der Waals surface area (Å²) in [4.78, 5) is 2.28. The molecule has 1 aliphatic heterocycles. The fourth-order valence-corrected chi connectivity index (χ4v) is 3.52. The summed E-state index contributed by atoms with van der Waals surface area (Å²) in [7, 11) is 1.69. The van der Waals surface area contributed by atoms with Gasteiger partial charge in [0.25, 0.3) is 0 Å². The van der Waals surface area contributed by atoms with Gasteiger partial charge in [0, 0.05) is 24.3 Å². The molecular formula is C24H25N2O2. The van der Waals surface area contributed by atoms with E-state index in [4.69, 9.17) is 9.47 Å². The lowest BCUT2D eigenvalue weighted by atomic mass is 10.1. The van der Waals surface area contributed by atoms with Crippen molar-refractivity contribution >= 4 is 11.4 Å². The number of rotatable bonds is 6. The Morgan fingerprint density at radius 2 is 2.00 bits per heavy atom. The van der Waals surface area contributed by atoms with Gasteiger partial charge in [0.05, 0.1) is 19.3 Å². The second kappa shape index (κ2) is 8.36. The van der Waals surface area contributed by atoms with Crippen LogP contribution >= 0.6 is 0 Å². The highest BCUT2D eigenvalue weighted by molar-refractivity contribution is 5.70. The van der Waals surface area contributed by atoms with E-state index in [0.29, 0.717) is 0 Å². The van der Waals surface area contributed by atoms with Crippen LogP contribution in [0.4, 0.5) is 11.4 Å². The first-order valence-corrected chi connectivity index (χ1v) is 9.62. The number of anilines is 2.